The van der Waals surface area contributed by atoms with Crippen LogP contribution in [-0.2, 0) is 6.42 Å². The van der Waals surface area contributed by atoms with Crippen molar-refractivity contribution >= 4 is 0 Å². The normalized spacial score (nSPS) is 9.81. The van der Waals surface area contributed by atoms with Crippen LogP contribution in [0.2, 0.25) is 0 Å². The molecule has 1 aromatic heterocycles. The Hall–Kier alpha value is -0.850. The van der Waals surface area contributed by atoms with Gasteiger partial charge in [-0.3, -0.25) is 4.98 Å². The van der Waals surface area contributed by atoms with Crippen LogP contribution in [0.1, 0.15) is 59.1 Å². The lowest BCUT2D eigenvalue weighted by atomic mass is 9.93. The van der Waals surface area contributed by atoms with Crippen LogP contribution in [0.5, 0.6) is 0 Å². The Labute approximate surface area is 101 Å². The summed E-state index contributed by atoms with van der Waals surface area (Å²) in [6.07, 6.45) is 8.30. The Kier molecular flexibility index (Phi) is 10.1. The van der Waals surface area contributed by atoms with Crippen molar-refractivity contribution in [3.05, 3.63) is 30.1 Å². The fourth-order valence-corrected chi connectivity index (χ4v) is 1.98. The maximum absolute atomic E-state index is 4.38. The van der Waals surface area contributed by atoms with Gasteiger partial charge in [0, 0.05) is 11.9 Å². The lowest BCUT2D eigenvalue weighted by molar-refractivity contribution is 0.434. The summed E-state index contributed by atoms with van der Waals surface area (Å²) in [4.78, 5) is 4.38. The van der Waals surface area contributed by atoms with Crippen molar-refractivity contribution in [1.82, 2.24) is 4.98 Å². The van der Waals surface area contributed by atoms with Gasteiger partial charge in [0.05, 0.1) is 0 Å². The van der Waals surface area contributed by atoms with Crippen molar-refractivity contribution in [2.45, 2.75) is 59.8 Å². The molecular formula is C15H27N. The van der Waals surface area contributed by atoms with Gasteiger partial charge in [-0.15, -0.1) is 0 Å². The van der Waals surface area contributed by atoms with Crippen LogP contribution in [-0.4, -0.2) is 4.98 Å². The minimum absolute atomic E-state index is 0.833. The third-order valence-corrected chi connectivity index (χ3v) is 2.62. The fraction of sp³-hybridized carbons (Fsp3) is 0.667. The van der Waals surface area contributed by atoms with Gasteiger partial charge in [-0.1, -0.05) is 59.4 Å². The number of aromatic nitrogens is 1. The van der Waals surface area contributed by atoms with Gasteiger partial charge < -0.3 is 0 Å². The van der Waals surface area contributed by atoms with E-state index in [1.165, 1.54) is 31.4 Å². The molecule has 92 valence electrons. The minimum atomic E-state index is 0.833. The average molecular weight is 221 g/mol. The molecule has 16 heavy (non-hydrogen) atoms. The van der Waals surface area contributed by atoms with Crippen LogP contribution in [0.4, 0.5) is 0 Å². The second kappa shape index (κ2) is 10.7. The number of rotatable bonds is 6. The Morgan fingerprint density at radius 3 is 2.12 bits per heavy atom. The molecule has 0 aromatic carbocycles. The summed E-state index contributed by atoms with van der Waals surface area (Å²) in [7, 11) is 0. The van der Waals surface area contributed by atoms with Crippen molar-refractivity contribution in [2.75, 3.05) is 0 Å². The van der Waals surface area contributed by atoms with E-state index < -0.39 is 0 Å². The summed E-state index contributed by atoms with van der Waals surface area (Å²) in [5.41, 5.74) is 1.25. The number of pyridine rings is 1. The molecule has 0 saturated carbocycles. The maximum atomic E-state index is 4.38. The van der Waals surface area contributed by atoms with Crippen molar-refractivity contribution in [2.24, 2.45) is 5.92 Å². The average Bonchev–Trinajstić information content (AvgIpc) is 2.34. The lowest BCUT2D eigenvalue weighted by Gasteiger charge is -2.14. The molecule has 1 aromatic rings. The summed E-state index contributed by atoms with van der Waals surface area (Å²) in [5.74, 6) is 0.833. The predicted octanol–water partition coefficient (Wildman–Crippen LogP) is 4.87. The Morgan fingerprint density at radius 2 is 1.69 bits per heavy atom. The Balaban J connectivity index is 0.00000106. The van der Waals surface area contributed by atoms with E-state index in [1.807, 2.05) is 26.1 Å². The highest BCUT2D eigenvalue weighted by atomic mass is 14.7. The van der Waals surface area contributed by atoms with Gasteiger partial charge in [-0.25, -0.2) is 0 Å². The lowest BCUT2D eigenvalue weighted by Crippen LogP contribution is -2.05. The van der Waals surface area contributed by atoms with E-state index in [2.05, 4.69) is 31.0 Å². The highest BCUT2D eigenvalue weighted by molar-refractivity contribution is 5.04. The molecule has 0 fully saturated rings. The Bertz CT molecular complexity index is 224. The summed E-state index contributed by atoms with van der Waals surface area (Å²) >= 11 is 0. The first kappa shape index (κ1) is 15.2. The topological polar surface area (TPSA) is 12.9 Å². The van der Waals surface area contributed by atoms with Gasteiger partial charge >= 0.3 is 0 Å². The number of hydrogen-bond acceptors (Lipinski definition) is 1. The van der Waals surface area contributed by atoms with E-state index in [0.717, 1.165) is 12.3 Å². The fourth-order valence-electron chi connectivity index (χ4n) is 1.98. The van der Waals surface area contributed by atoms with Crippen molar-refractivity contribution < 1.29 is 0 Å². The van der Waals surface area contributed by atoms with E-state index in [0.29, 0.717) is 0 Å². The molecule has 0 N–H and O–H groups in total. The zero-order chi connectivity index (χ0) is 12.2. The smallest absolute Gasteiger partial charge is 0.0406 e. The van der Waals surface area contributed by atoms with Gasteiger partial charge in [0.1, 0.15) is 0 Å². The molecular weight excluding hydrogens is 194 g/mol. The van der Waals surface area contributed by atoms with Crippen LogP contribution in [0, 0.1) is 5.92 Å². The molecule has 0 aliphatic rings. The molecule has 0 aliphatic heterocycles. The van der Waals surface area contributed by atoms with Crippen molar-refractivity contribution in [3.8, 4) is 0 Å². The monoisotopic (exact) mass is 221 g/mol. The molecule has 1 heteroatoms. The van der Waals surface area contributed by atoms with Crippen LogP contribution in [0.25, 0.3) is 0 Å². The predicted molar refractivity (Wildman–Crippen MR) is 72.6 cm³/mol. The molecule has 0 aliphatic carbocycles. The van der Waals surface area contributed by atoms with Crippen LogP contribution in [0.15, 0.2) is 24.4 Å². The van der Waals surface area contributed by atoms with Gasteiger partial charge in [0.15, 0.2) is 0 Å². The molecule has 1 heterocycles. The second-order valence-corrected chi connectivity index (χ2v) is 3.97. The van der Waals surface area contributed by atoms with Crippen LogP contribution in [0.3, 0.4) is 0 Å². The van der Waals surface area contributed by atoms with E-state index >= 15 is 0 Å². The summed E-state index contributed by atoms with van der Waals surface area (Å²) < 4.78 is 0. The van der Waals surface area contributed by atoms with E-state index in [1.54, 1.807) is 0 Å². The third kappa shape index (κ3) is 6.60. The van der Waals surface area contributed by atoms with Gasteiger partial charge in [-0.05, 0) is 24.5 Å². The van der Waals surface area contributed by atoms with E-state index in [-0.39, 0.29) is 0 Å². The zero-order valence-electron chi connectivity index (χ0n) is 11.4. The summed E-state index contributed by atoms with van der Waals surface area (Å²) in [6.45, 7) is 8.53. The standard InChI is InChI=1S/C13H21N.C2H6/c1-3-7-12(8-4-2)11-13-9-5-6-10-14-13;1-2/h5-6,9-10,12H,3-4,7-8,11H2,1-2H3;1-2H3. The molecule has 0 saturated heterocycles. The molecule has 0 amide bonds. The minimum Gasteiger partial charge on any atom is -0.261 e. The van der Waals surface area contributed by atoms with Crippen molar-refractivity contribution in [1.29, 1.82) is 0 Å². The number of nitrogens with zero attached hydrogens (tertiary/aromatic N) is 1. The molecule has 0 bridgehead atoms. The number of hydrogen-bond donors (Lipinski definition) is 0. The first-order chi connectivity index (χ1) is 7.86. The largest absolute Gasteiger partial charge is 0.261 e. The molecule has 0 atom stereocenters. The molecule has 0 spiro atoms. The molecule has 1 nitrogen and oxygen atoms in total. The van der Waals surface area contributed by atoms with Crippen LogP contribution >= 0.6 is 0 Å². The van der Waals surface area contributed by atoms with E-state index in [9.17, 15) is 0 Å². The molecule has 0 unspecified atom stereocenters. The molecule has 0 radical (unpaired) electrons. The van der Waals surface area contributed by atoms with Gasteiger partial charge in [0.25, 0.3) is 0 Å². The summed E-state index contributed by atoms with van der Waals surface area (Å²) in [5, 5.41) is 0. The summed E-state index contributed by atoms with van der Waals surface area (Å²) in [6, 6.07) is 6.20. The van der Waals surface area contributed by atoms with Crippen LogP contribution < -0.4 is 0 Å². The maximum Gasteiger partial charge on any atom is 0.0406 e. The van der Waals surface area contributed by atoms with Crippen molar-refractivity contribution in [3.63, 3.8) is 0 Å². The first-order valence-corrected chi connectivity index (χ1v) is 6.76. The first-order valence-electron chi connectivity index (χ1n) is 6.76. The SMILES string of the molecule is CC.CCCC(CCC)Cc1ccccn1. The van der Waals surface area contributed by atoms with Gasteiger partial charge in [0.2, 0.25) is 0 Å². The highest BCUT2D eigenvalue weighted by Gasteiger charge is 2.07. The Morgan fingerprint density at radius 1 is 1.06 bits per heavy atom. The third-order valence-electron chi connectivity index (χ3n) is 2.62. The zero-order valence-corrected chi connectivity index (χ0v) is 11.4. The van der Waals surface area contributed by atoms with E-state index in [4.69, 9.17) is 0 Å². The molecule has 1 rings (SSSR count). The highest BCUT2D eigenvalue weighted by Crippen LogP contribution is 2.17. The van der Waals surface area contributed by atoms with Gasteiger partial charge in [-0.2, -0.15) is 0 Å². The quantitative estimate of drug-likeness (QED) is 0.668. The second-order valence-electron chi connectivity index (χ2n) is 3.97.